The van der Waals surface area contributed by atoms with E-state index in [-0.39, 0.29) is 30.1 Å². The molecule has 8 heteroatoms. The van der Waals surface area contributed by atoms with Gasteiger partial charge in [0.2, 0.25) is 0 Å². The van der Waals surface area contributed by atoms with Crippen LogP contribution in [0.15, 0.2) is 16.1 Å². The average molecular weight is 309 g/mol. The van der Waals surface area contributed by atoms with Gasteiger partial charge in [0.05, 0.1) is 6.42 Å². The molecule has 1 aromatic heterocycles. The third-order valence-corrected chi connectivity index (χ3v) is 4.57. The maximum atomic E-state index is 12.5. The molecule has 7 nitrogen and oxygen atoms in total. The maximum Gasteiger partial charge on any atom is 0.305 e. The number of aromatic nitrogens is 2. The van der Waals surface area contributed by atoms with Crippen LogP contribution in [-0.2, 0) is 11.3 Å². The van der Waals surface area contributed by atoms with E-state index in [0.29, 0.717) is 11.7 Å². The van der Waals surface area contributed by atoms with Crippen LogP contribution in [0.4, 0.5) is 0 Å². The lowest BCUT2D eigenvalue weighted by Gasteiger charge is -2.21. The Kier molecular flexibility index (Phi) is 3.71. The number of rotatable bonds is 5. The molecule has 1 aromatic rings. The summed E-state index contributed by atoms with van der Waals surface area (Å²) in [5.41, 5.74) is -0.283. The highest BCUT2D eigenvalue weighted by Crippen LogP contribution is 2.28. The summed E-state index contributed by atoms with van der Waals surface area (Å²) in [6.45, 7) is 0.695. The number of hydrogen-bond acceptors (Lipinski definition) is 5. The molecule has 0 saturated heterocycles. The van der Waals surface area contributed by atoms with Gasteiger partial charge in [-0.2, -0.15) is 0 Å². The van der Waals surface area contributed by atoms with Crippen LogP contribution in [0.1, 0.15) is 29.6 Å². The molecule has 1 aliphatic heterocycles. The Morgan fingerprint density at radius 1 is 1.48 bits per heavy atom. The summed E-state index contributed by atoms with van der Waals surface area (Å²) in [6, 6.07) is 0.0591. The molecule has 1 N–H and O–H groups in total. The van der Waals surface area contributed by atoms with Crippen LogP contribution in [0.25, 0.3) is 0 Å². The molecule has 0 radical (unpaired) electrons. The Balaban J connectivity index is 1.86. The molecule has 3 rings (SSSR count). The number of carboxylic acids is 1. The molecular weight excluding hydrogens is 294 g/mol. The van der Waals surface area contributed by atoms with Crippen LogP contribution in [0.5, 0.6) is 0 Å². The Bertz CT molecular complexity index is 653. The summed E-state index contributed by atoms with van der Waals surface area (Å²) in [5, 5.41) is 9.42. The van der Waals surface area contributed by atoms with Gasteiger partial charge < -0.3 is 10.0 Å². The molecular formula is C13H15N3O4S. The maximum absolute atomic E-state index is 12.5. The van der Waals surface area contributed by atoms with Crippen LogP contribution in [-0.4, -0.2) is 49.8 Å². The number of aliphatic carboxylic acids is 1. The van der Waals surface area contributed by atoms with Crippen LogP contribution in [0.2, 0.25) is 0 Å². The van der Waals surface area contributed by atoms with Gasteiger partial charge in [0.1, 0.15) is 5.56 Å². The van der Waals surface area contributed by atoms with Crippen molar-refractivity contribution in [2.45, 2.75) is 37.0 Å². The monoisotopic (exact) mass is 309 g/mol. The van der Waals surface area contributed by atoms with E-state index in [4.69, 9.17) is 5.11 Å². The predicted molar refractivity (Wildman–Crippen MR) is 75.5 cm³/mol. The molecule has 0 bridgehead atoms. The van der Waals surface area contributed by atoms with E-state index in [9.17, 15) is 14.4 Å². The van der Waals surface area contributed by atoms with Crippen LogP contribution in [0.3, 0.4) is 0 Å². The van der Waals surface area contributed by atoms with E-state index in [1.54, 1.807) is 0 Å². The minimum Gasteiger partial charge on any atom is -0.481 e. The number of carbonyl (C=O) groups is 2. The van der Waals surface area contributed by atoms with E-state index in [2.05, 4.69) is 4.98 Å². The fraction of sp³-hybridized carbons (Fsp3) is 0.538. The summed E-state index contributed by atoms with van der Waals surface area (Å²) in [4.78, 5) is 41.2. The van der Waals surface area contributed by atoms with Gasteiger partial charge in [-0.1, -0.05) is 11.8 Å². The van der Waals surface area contributed by atoms with Crippen LogP contribution < -0.4 is 5.56 Å². The fourth-order valence-electron chi connectivity index (χ4n) is 2.37. The summed E-state index contributed by atoms with van der Waals surface area (Å²) in [7, 11) is 0. The number of amides is 1. The first-order chi connectivity index (χ1) is 10.1. The van der Waals surface area contributed by atoms with Gasteiger partial charge in [0, 0.05) is 31.1 Å². The van der Waals surface area contributed by atoms with E-state index in [0.717, 1.165) is 18.6 Å². The van der Waals surface area contributed by atoms with Gasteiger partial charge in [0.25, 0.3) is 11.5 Å². The molecule has 0 unspecified atom stereocenters. The van der Waals surface area contributed by atoms with Gasteiger partial charge in [0.15, 0.2) is 5.16 Å². The number of hydrogen-bond donors (Lipinski definition) is 1. The van der Waals surface area contributed by atoms with Crippen molar-refractivity contribution < 1.29 is 14.7 Å². The molecule has 1 fully saturated rings. The summed E-state index contributed by atoms with van der Waals surface area (Å²) in [5.74, 6) is -0.567. The van der Waals surface area contributed by atoms with Gasteiger partial charge >= 0.3 is 5.97 Å². The topological polar surface area (TPSA) is 92.5 Å². The first kappa shape index (κ1) is 14.1. The second-order valence-electron chi connectivity index (χ2n) is 5.13. The first-order valence-electron chi connectivity index (χ1n) is 6.83. The Morgan fingerprint density at radius 3 is 2.90 bits per heavy atom. The third-order valence-electron chi connectivity index (χ3n) is 3.60. The Morgan fingerprint density at radius 2 is 2.24 bits per heavy atom. The molecule has 21 heavy (non-hydrogen) atoms. The molecule has 1 saturated carbocycles. The number of carbonyl (C=O) groups excluding carboxylic acids is 1. The van der Waals surface area contributed by atoms with Crippen molar-refractivity contribution in [1.29, 1.82) is 0 Å². The molecule has 2 heterocycles. The van der Waals surface area contributed by atoms with Crippen molar-refractivity contribution in [2.24, 2.45) is 0 Å². The average Bonchev–Trinajstić information content (AvgIpc) is 3.15. The summed E-state index contributed by atoms with van der Waals surface area (Å²) >= 11 is 1.49. The Labute approximate surface area is 125 Å². The van der Waals surface area contributed by atoms with Crippen molar-refractivity contribution in [3.05, 3.63) is 22.1 Å². The highest BCUT2D eigenvalue weighted by molar-refractivity contribution is 7.99. The molecule has 112 valence electrons. The van der Waals surface area contributed by atoms with Gasteiger partial charge in [-0.3, -0.25) is 19.0 Å². The van der Waals surface area contributed by atoms with Crippen molar-refractivity contribution in [1.82, 2.24) is 14.5 Å². The quantitative estimate of drug-likeness (QED) is 0.793. The zero-order chi connectivity index (χ0) is 15.0. The van der Waals surface area contributed by atoms with E-state index in [1.165, 1.54) is 27.4 Å². The summed E-state index contributed by atoms with van der Waals surface area (Å²) in [6.07, 6.45) is 2.94. The lowest BCUT2D eigenvalue weighted by atomic mass is 10.2. The number of carboxylic acid groups (broad SMARTS) is 1. The molecule has 0 atom stereocenters. The lowest BCUT2D eigenvalue weighted by molar-refractivity contribution is -0.137. The molecule has 0 spiro atoms. The van der Waals surface area contributed by atoms with E-state index >= 15 is 0 Å². The molecule has 2 aliphatic rings. The fourth-order valence-corrected chi connectivity index (χ4v) is 3.28. The number of fused-ring (bicyclic) bond motifs is 1. The van der Waals surface area contributed by atoms with Crippen LogP contribution in [0, 0.1) is 0 Å². The van der Waals surface area contributed by atoms with Crippen molar-refractivity contribution in [3.8, 4) is 0 Å². The van der Waals surface area contributed by atoms with Gasteiger partial charge in [-0.05, 0) is 12.8 Å². The van der Waals surface area contributed by atoms with E-state index < -0.39 is 11.9 Å². The minimum atomic E-state index is -0.950. The number of thioether (sulfide) groups is 1. The minimum absolute atomic E-state index is 0.0403. The molecule has 1 amide bonds. The lowest BCUT2D eigenvalue weighted by Crippen LogP contribution is -2.39. The van der Waals surface area contributed by atoms with Gasteiger partial charge in [-0.15, -0.1) is 0 Å². The highest BCUT2D eigenvalue weighted by atomic mass is 32.2. The zero-order valence-electron chi connectivity index (χ0n) is 11.3. The summed E-state index contributed by atoms with van der Waals surface area (Å²) < 4.78 is 1.51. The zero-order valence-corrected chi connectivity index (χ0v) is 12.1. The van der Waals surface area contributed by atoms with Gasteiger partial charge in [-0.25, -0.2) is 4.98 Å². The first-order valence-corrected chi connectivity index (χ1v) is 7.82. The Hall–Kier alpha value is -1.83. The van der Waals surface area contributed by atoms with Crippen molar-refractivity contribution in [2.75, 3.05) is 12.3 Å². The smallest absolute Gasteiger partial charge is 0.305 e. The SMILES string of the molecule is O=C(O)CCN(C(=O)c1cnc2n(c1=O)CCS2)C1CC1. The standard InChI is InChI=1S/C13H15N3O4S/c17-10(18)3-4-15(8-1-2-8)11(19)9-7-14-13-16(12(9)20)5-6-21-13/h7-8H,1-6H2,(H,17,18). The normalized spacial score (nSPS) is 16.6. The number of nitrogens with zero attached hydrogens (tertiary/aromatic N) is 3. The second kappa shape index (κ2) is 5.51. The molecule has 0 aromatic carbocycles. The second-order valence-corrected chi connectivity index (χ2v) is 6.20. The highest BCUT2D eigenvalue weighted by Gasteiger charge is 2.34. The van der Waals surface area contributed by atoms with Crippen molar-refractivity contribution >= 4 is 23.6 Å². The van der Waals surface area contributed by atoms with Crippen molar-refractivity contribution in [3.63, 3.8) is 0 Å². The molecule has 1 aliphatic carbocycles. The van der Waals surface area contributed by atoms with Crippen LogP contribution >= 0.6 is 11.8 Å². The largest absolute Gasteiger partial charge is 0.481 e. The third kappa shape index (κ3) is 2.80. The predicted octanol–water partition coefficient (Wildman–Crippen LogP) is 0.428. The van der Waals surface area contributed by atoms with E-state index in [1.807, 2.05) is 0 Å².